The molecule has 3 heterocycles. The standard InChI is InChI=1S/C43H46F3N7O7S/c1-26-38(61-25-50-26)29-7-5-27(6-8-29)21-47-40(56)35-19-31(54)22-53(35)41(57)39(42(2,3)4)52-37(55)23-58-17-18-59-32-13-9-28(10-14-32)34-20-36(49-24-48-34)51-30-11-15-33(16-12-30)60-43(44,45)46/h5-16,20,24-25,31,35,39,54H,17-19,21-23H2,1-4H3,(H,47,56)(H,52,55)(H,48,49,51)/t31-,35?,39?/m1/s1. The van der Waals surface area contributed by atoms with Crippen molar-refractivity contribution in [3.63, 3.8) is 0 Å². The molecule has 3 amide bonds. The minimum Gasteiger partial charge on any atom is -0.491 e. The molecule has 1 fully saturated rings. The van der Waals surface area contributed by atoms with Gasteiger partial charge in [-0.15, -0.1) is 24.5 Å². The maximum atomic E-state index is 13.9. The van der Waals surface area contributed by atoms with E-state index in [1.165, 1.54) is 35.5 Å². The lowest BCUT2D eigenvalue weighted by molar-refractivity contribution is -0.274. The molecule has 6 rings (SSSR count). The predicted octanol–water partition coefficient (Wildman–Crippen LogP) is 6.42. The Bertz CT molecular complexity index is 2270. The summed E-state index contributed by atoms with van der Waals surface area (Å²) in [7, 11) is 0. The second kappa shape index (κ2) is 19.5. The zero-order chi connectivity index (χ0) is 43.7. The van der Waals surface area contributed by atoms with Crippen molar-refractivity contribution >= 4 is 40.6 Å². The highest BCUT2D eigenvalue weighted by Gasteiger charge is 2.44. The first kappa shape index (κ1) is 44.4. The molecule has 61 heavy (non-hydrogen) atoms. The van der Waals surface area contributed by atoms with E-state index in [0.717, 1.165) is 27.3 Å². The number of aliphatic hydroxyl groups excluding tert-OH is 1. The molecule has 4 N–H and O–H groups in total. The number of hydrogen-bond acceptors (Lipinski definition) is 12. The molecule has 3 atom stereocenters. The van der Waals surface area contributed by atoms with Crippen LogP contribution in [-0.2, 0) is 25.7 Å². The van der Waals surface area contributed by atoms with Crippen LogP contribution in [-0.4, -0.2) is 93.6 Å². The molecule has 1 saturated heterocycles. The summed E-state index contributed by atoms with van der Waals surface area (Å²) in [6.45, 7) is 7.41. The van der Waals surface area contributed by atoms with Gasteiger partial charge in [-0.3, -0.25) is 14.4 Å². The van der Waals surface area contributed by atoms with E-state index in [2.05, 4.69) is 35.6 Å². The molecule has 0 radical (unpaired) electrons. The van der Waals surface area contributed by atoms with Crippen LogP contribution in [0.15, 0.2) is 90.7 Å². The second-order valence-electron chi connectivity index (χ2n) is 15.4. The normalized spacial score (nSPS) is 15.8. The molecule has 3 aromatic carbocycles. The van der Waals surface area contributed by atoms with E-state index in [0.29, 0.717) is 22.9 Å². The van der Waals surface area contributed by atoms with E-state index in [9.17, 15) is 32.7 Å². The number of anilines is 2. The average Bonchev–Trinajstić information content (AvgIpc) is 3.84. The van der Waals surface area contributed by atoms with Crippen LogP contribution in [0.4, 0.5) is 24.7 Å². The Morgan fingerprint density at radius 2 is 1.61 bits per heavy atom. The van der Waals surface area contributed by atoms with Gasteiger partial charge in [-0.2, -0.15) is 0 Å². The van der Waals surface area contributed by atoms with E-state index in [4.69, 9.17) is 9.47 Å². The summed E-state index contributed by atoms with van der Waals surface area (Å²) in [6, 6.07) is 19.9. The lowest BCUT2D eigenvalue weighted by Crippen LogP contribution is -2.58. The molecule has 14 nitrogen and oxygen atoms in total. The minimum absolute atomic E-state index is 0.0425. The van der Waals surface area contributed by atoms with Crippen LogP contribution in [0.1, 0.15) is 38.4 Å². The van der Waals surface area contributed by atoms with Gasteiger partial charge < -0.3 is 40.2 Å². The van der Waals surface area contributed by atoms with Crippen LogP contribution >= 0.6 is 11.3 Å². The Balaban J connectivity index is 0.943. The number of ether oxygens (including phenoxy) is 3. The fourth-order valence-corrected chi connectivity index (χ4v) is 7.37. The number of likely N-dealkylation sites (tertiary alicyclic amines) is 1. The quantitative estimate of drug-likeness (QED) is 0.0806. The number of β-amino-alcohol motifs (C(OH)–C–C–N with tert-alkyl or cyclic N) is 1. The van der Waals surface area contributed by atoms with Crippen LogP contribution in [0.2, 0.25) is 0 Å². The second-order valence-corrected chi connectivity index (χ2v) is 16.2. The zero-order valence-electron chi connectivity index (χ0n) is 33.9. The van der Waals surface area contributed by atoms with Crippen molar-refractivity contribution in [2.45, 2.75) is 65.2 Å². The third kappa shape index (κ3) is 12.5. The van der Waals surface area contributed by atoms with Crippen molar-refractivity contribution in [2.24, 2.45) is 5.41 Å². The highest BCUT2D eigenvalue weighted by molar-refractivity contribution is 7.13. The first-order valence-electron chi connectivity index (χ1n) is 19.3. The number of amides is 3. The number of nitrogens with one attached hydrogen (secondary N) is 3. The third-order valence-electron chi connectivity index (χ3n) is 9.62. The maximum absolute atomic E-state index is 13.9. The number of thiazole rings is 1. The van der Waals surface area contributed by atoms with Crippen LogP contribution in [0.3, 0.4) is 0 Å². The highest BCUT2D eigenvalue weighted by atomic mass is 32.1. The number of hydrogen-bond donors (Lipinski definition) is 4. The Hall–Kier alpha value is -6.11. The molecule has 1 aliphatic heterocycles. The lowest BCUT2D eigenvalue weighted by atomic mass is 9.85. The third-order valence-corrected chi connectivity index (χ3v) is 10.6. The maximum Gasteiger partial charge on any atom is 0.573 e. The van der Waals surface area contributed by atoms with Gasteiger partial charge in [-0.25, -0.2) is 15.0 Å². The molecule has 2 unspecified atom stereocenters. The molecule has 0 bridgehead atoms. The number of carbonyl (C=O) groups excluding carboxylic acids is 3. The van der Waals surface area contributed by atoms with Gasteiger partial charge in [-0.05, 0) is 72.0 Å². The fraction of sp³-hybridized carbons (Fsp3) is 0.349. The Morgan fingerprint density at radius 3 is 2.26 bits per heavy atom. The summed E-state index contributed by atoms with van der Waals surface area (Å²) < 4.78 is 52.6. The molecular weight excluding hydrogens is 816 g/mol. The van der Waals surface area contributed by atoms with Gasteiger partial charge in [0.05, 0.1) is 34.5 Å². The van der Waals surface area contributed by atoms with Gasteiger partial charge in [0, 0.05) is 36.8 Å². The first-order valence-corrected chi connectivity index (χ1v) is 20.2. The molecule has 1 aliphatic rings. The summed E-state index contributed by atoms with van der Waals surface area (Å²) in [5.74, 6) is -0.774. The van der Waals surface area contributed by atoms with E-state index in [-0.39, 0.29) is 45.1 Å². The SMILES string of the molecule is Cc1ncsc1-c1ccc(CNC(=O)C2C[C@@H](O)CN2C(=O)C(NC(=O)COCCOc2ccc(-c3cc(Nc4ccc(OC(F)(F)F)cc4)ncn3)cc2)C(C)(C)C)cc1. The van der Waals surface area contributed by atoms with Crippen molar-refractivity contribution in [1.29, 1.82) is 0 Å². The molecule has 322 valence electrons. The topological polar surface area (TPSA) is 177 Å². The van der Waals surface area contributed by atoms with Crippen molar-refractivity contribution < 1.29 is 46.9 Å². The first-order chi connectivity index (χ1) is 29.0. The number of aromatic nitrogens is 3. The Morgan fingerprint density at radius 1 is 0.918 bits per heavy atom. The zero-order valence-corrected chi connectivity index (χ0v) is 34.7. The number of aryl methyl sites for hydroxylation is 1. The molecule has 0 spiro atoms. The number of benzene rings is 3. The van der Waals surface area contributed by atoms with Gasteiger partial charge in [0.2, 0.25) is 17.7 Å². The Kier molecular flexibility index (Phi) is 14.2. The van der Waals surface area contributed by atoms with E-state index in [1.54, 1.807) is 68.0 Å². The van der Waals surface area contributed by atoms with Crippen molar-refractivity contribution in [2.75, 3.05) is 31.7 Å². The van der Waals surface area contributed by atoms with E-state index >= 15 is 0 Å². The van der Waals surface area contributed by atoms with Crippen LogP contribution in [0.25, 0.3) is 21.7 Å². The molecule has 2 aromatic heterocycles. The number of nitrogens with zero attached hydrogens (tertiary/aromatic N) is 4. The summed E-state index contributed by atoms with van der Waals surface area (Å²) in [4.78, 5) is 55.6. The molecule has 0 saturated carbocycles. The van der Waals surface area contributed by atoms with Crippen molar-refractivity contribution in [1.82, 2.24) is 30.5 Å². The largest absolute Gasteiger partial charge is 0.573 e. The molecule has 18 heteroatoms. The van der Waals surface area contributed by atoms with Crippen molar-refractivity contribution in [3.8, 4) is 33.2 Å². The van der Waals surface area contributed by atoms with Gasteiger partial charge in [0.15, 0.2) is 0 Å². The van der Waals surface area contributed by atoms with Gasteiger partial charge >= 0.3 is 6.36 Å². The molecular formula is C43H46F3N7O7S. The summed E-state index contributed by atoms with van der Waals surface area (Å²) in [5, 5.41) is 19.2. The smallest absolute Gasteiger partial charge is 0.491 e. The van der Waals surface area contributed by atoms with Crippen LogP contribution < -0.4 is 25.4 Å². The number of alkyl halides is 3. The van der Waals surface area contributed by atoms with E-state index < -0.39 is 47.7 Å². The number of carbonyl (C=O) groups is 3. The lowest BCUT2D eigenvalue weighted by Gasteiger charge is -2.35. The molecule has 5 aromatic rings. The number of aliphatic hydroxyl groups is 1. The number of halogens is 3. The van der Waals surface area contributed by atoms with Crippen LogP contribution in [0, 0.1) is 12.3 Å². The van der Waals surface area contributed by atoms with Gasteiger partial charge in [0.1, 0.15) is 48.9 Å². The molecule has 0 aliphatic carbocycles. The predicted molar refractivity (Wildman–Crippen MR) is 222 cm³/mol. The fourth-order valence-electron chi connectivity index (χ4n) is 6.56. The van der Waals surface area contributed by atoms with Crippen LogP contribution in [0.5, 0.6) is 11.5 Å². The van der Waals surface area contributed by atoms with Crippen molar-refractivity contribution in [3.05, 3.63) is 102 Å². The van der Waals surface area contributed by atoms with Gasteiger partial charge in [0.25, 0.3) is 0 Å². The summed E-state index contributed by atoms with van der Waals surface area (Å²) in [5.41, 5.74) is 5.76. The Labute approximate surface area is 354 Å². The summed E-state index contributed by atoms with van der Waals surface area (Å²) >= 11 is 1.56. The average molecular weight is 862 g/mol. The summed E-state index contributed by atoms with van der Waals surface area (Å²) in [6.07, 6.45) is -4.24. The highest BCUT2D eigenvalue weighted by Crippen LogP contribution is 2.30. The van der Waals surface area contributed by atoms with Gasteiger partial charge in [-0.1, -0.05) is 45.0 Å². The minimum atomic E-state index is -4.78. The van der Waals surface area contributed by atoms with E-state index in [1.807, 2.05) is 31.2 Å². The monoisotopic (exact) mass is 861 g/mol. The number of rotatable bonds is 16.